The zero-order chi connectivity index (χ0) is 19.1. The lowest BCUT2D eigenvalue weighted by molar-refractivity contribution is 0.102. The van der Waals surface area contributed by atoms with Gasteiger partial charge >= 0.3 is 0 Å². The number of benzene rings is 2. The van der Waals surface area contributed by atoms with Crippen LogP contribution in [-0.2, 0) is 0 Å². The topological polar surface area (TPSA) is 51.2 Å². The number of aromatic nitrogens is 1. The molecule has 3 aromatic rings. The maximum atomic E-state index is 12.4. The number of carbonyl (C=O) groups excluding carboxylic acids is 1. The fourth-order valence-corrected chi connectivity index (χ4v) is 3.29. The van der Waals surface area contributed by atoms with Crippen LogP contribution in [0.3, 0.4) is 0 Å². The fourth-order valence-electron chi connectivity index (χ4n) is 2.67. The van der Waals surface area contributed by atoms with Crippen LogP contribution in [0.4, 0.5) is 5.69 Å². The second kappa shape index (κ2) is 9.33. The molecule has 0 saturated heterocycles. The van der Waals surface area contributed by atoms with E-state index in [1.807, 2.05) is 48.7 Å². The molecule has 0 aliphatic carbocycles. The Balaban J connectivity index is 1.56. The van der Waals surface area contributed by atoms with Gasteiger partial charge in [0, 0.05) is 22.2 Å². The van der Waals surface area contributed by atoms with Crippen molar-refractivity contribution in [3.05, 3.63) is 64.5 Å². The van der Waals surface area contributed by atoms with Gasteiger partial charge in [-0.3, -0.25) is 4.79 Å². The number of carbonyl (C=O) groups is 1. The van der Waals surface area contributed by atoms with Crippen LogP contribution >= 0.6 is 11.3 Å². The summed E-state index contributed by atoms with van der Waals surface area (Å²) in [5.41, 5.74) is 3.37. The first-order valence-corrected chi connectivity index (χ1v) is 10.1. The molecule has 2 aromatic carbocycles. The van der Waals surface area contributed by atoms with Gasteiger partial charge < -0.3 is 10.1 Å². The van der Waals surface area contributed by atoms with Crippen LogP contribution in [-0.4, -0.2) is 17.5 Å². The van der Waals surface area contributed by atoms with Crippen molar-refractivity contribution < 1.29 is 9.53 Å². The SMILES string of the molecule is CCCCCOc1ccc(C(=O)Nc2ccc(-c3csc(C)n3)cc2)cc1. The van der Waals surface area contributed by atoms with Gasteiger partial charge in [0.2, 0.25) is 0 Å². The number of ether oxygens (including phenoxy) is 1. The Hall–Kier alpha value is -2.66. The number of rotatable bonds is 8. The highest BCUT2D eigenvalue weighted by molar-refractivity contribution is 7.09. The van der Waals surface area contributed by atoms with Gasteiger partial charge in [0.15, 0.2) is 0 Å². The highest BCUT2D eigenvalue weighted by Crippen LogP contribution is 2.23. The standard InChI is InChI=1S/C22H24N2O2S/c1-3-4-5-14-26-20-12-8-18(9-13-20)22(25)24-19-10-6-17(7-11-19)21-15-27-16(2)23-21/h6-13,15H,3-5,14H2,1-2H3,(H,24,25). The lowest BCUT2D eigenvalue weighted by Gasteiger charge is -2.08. The molecule has 140 valence electrons. The fraction of sp³-hybridized carbons (Fsp3) is 0.273. The van der Waals surface area contributed by atoms with Gasteiger partial charge in [-0.05, 0) is 49.7 Å². The molecule has 0 unspecified atom stereocenters. The van der Waals surface area contributed by atoms with Gasteiger partial charge in [0.1, 0.15) is 5.75 Å². The van der Waals surface area contributed by atoms with E-state index in [0.29, 0.717) is 12.2 Å². The number of nitrogens with one attached hydrogen (secondary N) is 1. The summed E-state index contributed by atoms with van der Waals surface area (Å²) in [6.07, 6.45) is 3.39. The van der Waals surface area contributed by atoms with E-state index in [1.165, 1.54) is 12.8 Å². The van der Waals surface area contributed by atoms with Gasteiger partial charge in [-0.2, -0.15) is 0 Å². The maximum absolute atomic E-state index is 12.4. The molecule has 0 spiro atoms. The molecule has 0 fully saturated rings. The van der Waals surface area contributed by atoms with Crippen molar-refractivity contribution in [2.75, 3.05) is 11.9 Å². The van der Waals surface area contributed by atoms with Crippen molar-refractivity contribution in [1.29, 1.82) is 0 Å². The highest BCUT2D eigenvalue weighted by Gasteiger charge is 2.07. The summed E-state index contributed by atoms with van der Waals surface area (Å²) in [6, 6.07) is 15.0. The van der Waals surface area contributed by atoms with Crippen LogP contribution in [0.25, 0.3) is 11.3 Å². The zero-order valence-corrected chi connectivity index (χ0v) is 16.5. The summed E-state index contributed by atoms with van der Waals surface area (Å²) in [4.78, 5) is 16.9. The molecule has 1 heterocycles. The van der Waals surface area contributed by atoms with E-state index in [-0.39, 0.29) is 5.91 Å². The normalized spacial score (nSPS) is 10.6. The first-order chi connectivity index (χ1) is 13.2. The van der Waals surface area contributed by atoms with Crippen LogP contribution in [0.15, 0.2) is 53.9 Å². The van der Waals surface area contributed by atoms with E-state index >= 15 is 0 Å². The van der Waals surface area contributed by atoms with Gasteiger partial charge in [-0.25, -0.2) is 4.98 Å². The van der Waals surface area contributed by atoms with Crippen molar-refractivity contribution in [3.8, 4) is 17.0 Å². The molecule has 0 atom stereocenters. The molecule has 0 bridgehead atoms. The molecular formula is C22H24N2O2S. The minimum Gasteiger partial charge on any atom is -0.494 e. The molecule has 0 aliphatic rings. The van der Waals surface area contributed by atoms with Crippen molar-refractivity contribution in [2.45, 2.75) is 33.1 Å². The molecule has 3 rings (SSSR count). The molecule has 1 N–H and O–H groups in total. The van der Waals surface area contributed by atoms with Gasteiger partial charge in [0.25, 0.3) is 5.91 Å². The van der Waals surface area contributed by atoms with Crippen LogP contribution in [0.5, 0.6) is 5.75 Å². The van der Waals surface area contributed by atoms with Crippen molar-refractivity contribution in [3.63, 3.8) is 0 Å². The average molecular weight is 381 g/mol. The van der Waals surface area contributed by atoms with Crippen molar-refractivity contribution in [1.82, 2.24) is 4.98 Å². The maximum Gasteiger partial charge on any atom is 0.255 e. The van der Waals surface area contributed by atoms with Crippen LogP contribution in [0.2, 0.25) is 0 Å². The number of hydrogen-bond acceptors (Lipinski definition) is 4. The van der Waals surface area contributed by atoms with Crippen LogP contribution < -0.4 is 10.1 Å². The lowest BCUT2D eigenvalue weighted by Crippen LogP contribution is -2.11. The highest BCUT2D eigenvalue weighted by atomic mass is 32.1. The summed E-state index contributed by atoms with van der Waals surface area (Å²) in [6.45, 7) is 4.87. The molecule has 1 aromatic heterocycles. The van der Waals surface area contributed by atoms with E-state index in [2.05, 4.69) is 17.2 Å². The molecule has 0 saturated carbocycles. The predicted octanol–water partition coefficient (Wildman–Crippen LogP) is 5.94. The predicted molar refractivity (Wildman–Crippen MR) is 112 cm³/mol. The summed E-state index contributed by atoms with van der Waals surface area (Å²) in [7, 11) is 0. The second-order valence-electron chi connectivity index (χ2n) is 6.36. The minimum atomic E-state index is -0.134. The Morgan fingerprint density at radius 3 is 2.44 bits per heavy atom. The summed E-state index contributed by atoms with van der Waals surface area (Å²) in [5.74, 6) is 0.662. The van der Waals surface area contributed by atoms with Gasteiger partial charge in [-0.1, -0.05) is 31.9 Å². The molecule has 0 aliphatic heterocycles. The third-order valence-electron chi connectivity index (χ3n) is 4.19. The average Bonchev–Trinajstić information content (AvgIpc) is 3.13. The number of unbranched alkanes of at least 4 members (excludes halogenated alkanes) is 2. The minimum absolute atomic E-state index is 0.134. The molecule has 5 heteroatoms. The number of thiazole rings is 1. The van der Waals surface area contributed by atoms with Gasteiger partial charge in [0.05, 0.1) is 17.3 Å². The number of amides is 1. The number of hydrogen-bond donors (Lipinski definition) is 1. The molecule has 1 amide bonds. The summed E-state index contributed by atoms with van der Waals surface area (Å²) in [5, 5.41) is 6.00. The number of nitrogens with zero attached hydrogens (tertiary/aromatic N) is 1. The third-order valence-corrected chi connectivity index (χ3v) is 4.96. The van der Waals surface area contributed by atoms with E-state index in [0.717, 1.165) is 34.1 Å². The van der Waals surface area contributed by atoms with Crippen molar-refractivity contribution in [2.24, 2.45) is 0 Å². The largest absolute Gasteiger partial charge is 0.494 e. The molecule has 4 nitrogen and oxygen atoms in total. The van der Waals surface area contributed by atoms with E-state index in [1.54, 1.807) is 23.5 Å². The smallest absolute Gasteiger partial charge is 0.255 e. The number of aryl methyl sites for hydroxylation is 1. The quantitative estimate of drug-likeness (QED) is 0.492. The first-order valence-electron chi connectivity index (χ1n) is 9.22. The lowest BCUT2D eigenvalue weighted by atomic mass is 10.1. The Bertz CT molecular complexity index is 870. The molecular weight excluding hydrogens is 356 g/mol. The second-order valence-corrected chi connectivity index (χ2v) is 7.43. The van der Waals surface area contributed by atoms with E-state index in [9.17, 15) is 4.79 Å². The van der Waals surface area contributed by atoms with Gasteiger partial charge in [-0.15, -0.1) is 11.3 Å². The Morgan fingerprint density at radius 1 is 1.07 bits per heavy atom. The Kier molecular flexibility index (Phi) is 6.60. The first kappa shape index (κ1) is 19.1. The Labute approximate surface area is 164 Å². The van der Waals surface area contributed by atoms with Crippen molar-refractivity contribution >= 4 is 22.9 Å². The third kappa shape index (κ3) is 5.41. The zero-order valence-electron chi connectivity index (χ0n) is 15.7. The number of anilines is 1. The molecule has 0 radical (unpaired) electrons. The monoisotopic (exact) mass is 380 g/mol. The van der Waals surface area contributed by atoms with E-state index in [4.69, 9.17) is 4.74 Å². The summed E-state index contributed by atoms with van der Waals surface area (Å²) < 4.78 is 5.68. The van der Waals surface area contributed by atoms with Crippen LogP contribution in [0, 0.1) is 6.92 Å². The molecule has 27 heavy (non-hydrogen) atoms. The van der Waals surface area contributed by atoms with Crippen LogP contribution in [0.1, 0.15) is 41.6 Å². The van der Waals surface area contributed by atoms with E-state index < -0.39 is 0 Å². The summed E-state index contributed by atoms with van der Waals surface area (Å²) >= 11 is 1.63. The Morgan fingerprint density at radius 2 is 1.81 bits per heavy atom.